The van der Waals surface area contributed by atoms with E-state index in [1.54, 1.807) is 0 Å². The van der Waals surface area contributed by atoms with Crippen LogP contribution in [0.2, 0.25) is 0 Å². The Balaban J connectivity index is 0.00000104. The van der Waals surface area contributed by atoms with Gasteiger partial charge in [-0.3, -0.25) is 13.2 Å². The number of nitrogens with one attached hydrogen (secondary N) is 1. The van der Waals surface area contributed by atoms with E-state index in [-0.39, 0.29) is 10.6 Å². The van der Waals surface area contributed by atoms with Crippen molar-refractivity contribution in [3.63, 3.8) is 0 Å². The summed E-state index contributed by atoms with van der Waals surface area (Å²) in [5.41, 5.74) is -4.86. The number of aliphatic hydroxyl groups is 1. The molecule has 2 aromatic rings. The smallest absolute Gasteiger partial charge is 0.417 e. The van der Waals surface area contributed by atoms with Crippen molar-refractivity contribution in [1.82, 2.24) is 0 Å². The standard InChI is InChI=1S/C18H14F4N2O4S.H2O4S/c1-17(26,10-29(27,28)14-6-3-12(19)4-7-14)16(25)24-13-5-2-11(9-23)15(8-13)18(20,21)22;1-5(2,3)4/h2-8,26H,10H2,1H3,(H,24,25);(H2,1,2,3,4)/p-2. The lowest BCUT2D eigenvalue weighted by Crippen LogP contribution is -2.45. The van der Waals surface area contributed by atoms with Crippen molar-refractivity contribution in [3.8, 4) is 6.07 Å². The third kappa shape index (κ3) is 9.03. The van der Waals surface area contributed by atoms with Gasteiger partial charge in [-0.15, -0.1) is 0 Å². The van der Waals surface area contributed by atoms with Crippen LogP contribution >= 0.6 is 0 Å². The highest BCUT2D eigenvalue weighted by atomic mass is 32.3. The summed E-state index contributed by atoms with van der Waals surface area (Å²) in [6, 6.07) is 7.40. The Hall–Kier alpha value is -3.10. The average Bonchev–Trinajstić information content (AvgIpc) is 2.65. The monoisotopic (exact) mass is 526 g/mol. The Labute approximate surface area is 191 Å². The molecular formula is C18H14F4N2O8S2-2. The predicted molar refractivity (Wildman–Crippen MR) is 104 cm³/mol. The Morgan fingerprint density at radius 1 is 1.09 bits per heavy atom. The molecule has 16 heteroatoms. The fraction of sp³-hybridized carbons (Fsp3) is 0.222. The predicted octanol–water partition coefficient (Wildman–Crippen LogP) is 1.54. The van der Waals surface area contributed by atoms with E-state index in [2.05, 4.69) is 0 Å². The molecule has 2 N–H and O–H groups in total. The van der Waals surface area contributed by atoms with Gasteiger partial charge in [0.05, 0.1) is 27.8 Å². The Bertz CT molecular complexity index is 1290. The number of benzene rings is 2. The van der Waals surface area contributed by atoms with Crippen LogP contribution in [0.5, 0.6) is 0 Å². The minimum Gasteiger partial charge on any atom is -0.759 e. The molecule has 0 saturated carbocycles. The van der Waals surface area contributed by atoms with E-state index in [0.29, 0.717) is 6.07 Å². The Morgan fingerprint density at radius 2 is 1.59 bits per heavy atom. The van der Waals surface area contributed by atoms with Crippen molar-refractivity contribution in [3.05, 3.63) is 59.4 Å². The number of anilines is 1. The number of rotatable bonds is 5. The number of halogens is 4. The van der Waals surface area contributed by atoms with Crippen LogP contribution in [-0.4, -0.2) is 48.3 Å². The van der Waals surface area contributed by atoms with Crippen LogP contribution in [0.3, 0.4) is 0 Å². The third-order valence-electron chi connectivity index (χ3n) is 3.84. The van der Waals surface area contributed by atoms with Crippen LogP contribution in [0.4, 0.5) is 23.2 Å². The highest BCUT2D eigenvalue weighted by molar-refractivity contribution is 7.91. The third-order valence-corrected chi connectivity index (χ3v) is 5.77. The topological polar surface area (TPSA) is 188 Å². The second-order valence-corrected chi connectivity index (χ2v) is 9.53. The first kappa shape index (κ1) is 28.9. The van der Waals surface area contributed by atoms with E-state index >= 15 is 0 Å². The number of hydrogen-bond acceptors (Lipinski definition) is 9. The minimum absolute atomic E-state index is 0.343. The van der Waals surface area contributed by atoms with E-state index in [0.717, 1.165) is 43.3 Å². The van der Waals surface area contributed by atoms with Gasteiger partial charge in [-0.2, -0.15) is 18.4 Å². The summed E-state index contributed by atoms with van der Waals surface area (Å²) in [5, 5.41) is 21.1. The zero-order valence-electron chi connectivity index (χ0n) is 16.8. The lowest BCUT2D eigenvalue weighted by atomic mass is 10.1. The summed E-state index contributed by atoms with van der Waals surface area (Å²) in [6.45, 7) is 0.873. The molecule has 34 heavy (non-hydrogen) atoms. The van der Waals surface area contributed by atoms with Gasteiger partial charge >= 0.3 is 6.18 Å². The molecule has 0 saturated heterocycles. The van der Waals surface area contributed by atoms with E-state index in [9.17, 15) is 35.9 Å². The van der Waals surface area contributed by atoms with Gasteiger partial charge in [0, 0.05) is 16.1 Å². The van der Waals surface area contributed by atoms with Gasteiger partial charge in [0.1, 0.15) is 5.82 Å². The number of sulfone groups is 1. The highest BCUT2D eigenvalue weighted by Crippen LogP contribution is 2.33. The lowest BCUT2D eigenvalue weighted by Gasteiger charge is -2.22. The van der Waals surface area contributed by atoms with E-state index < -0.39 is 60.6 Å². The van der Waals surface area contributed by atoms with Crippen LogP contribution in [0.15, 0.2) is 47.4 Å². The molecule has 0 radical (unpaired) electrons. The van der Waals surface area contributed by atoms with Gasteiger partial charge in [-0.25, -0.2) is 12.8 Å². The van der Waals surface area contributed by atoms with Crippen molar-refractivity contribution >= 4 is 31.8 Å². The molecule has 186 valence electrons. The highest BCUT2D eigenvalue weighted by Gasteiger charge is 2.38. The number of nitriles is 1. The molecule has 0 spiro atoms. The summed E-state index contributed by atoms with van der Waals surface area (Å²) in [5.74, 6) is -3.06. The van der Waals surface area contributed by atoms with E-state index in [1.165, 1.54) is 6.07 Å². The van der Waals surface area contributed by atoms with Crippen molar-refractivity contribution in [2.24, 2.45) is 0 Å². The minimum atomic E-state index is -5.17. The molecule has 10 nitrogen and oxygen atoms in total. The zero-order valence-corrected chi connectivity index (χ0v) is 18.5. The first-order valence-electron chi connectivity index (χ1n) is 8.56. The second kappa shape index (κ2) is 10.4. The number of carbonyl (C=O) groups excluding carboxylic acids is 1. The van der Waals surface area contributed by atoms with Gasteiger partial charge in [0.25, 0.3) is 5.91 Å². The average molecular weight is 526 g/mol. The summed E-state index contributed by atoms with van der Waals surface area (Å²) in [4.78, 5) is 11.9. The molecule has 0 aliphatic rings. The van der Waals surface area contributed by atoms with E-state index in [4.69, 9.17) is 22.8 Å². The molecule has 0 aliphatic heterocycles. The Kier molecular flexibility index (Phi) is 8.89. The van der Waals surface area contributed by atoms with Crippen molar-refractivity contribution in [2.75, 3.05) is 11.1 Å². The summed E-state index contributed by atoms with van der Waals surface area (Å²) < 4.78 is 111. The van der Waals surface area contributed by atoms with Gasteiger partial charge in [0.15, 0.2) is 15.4 Å². The van der Waals surface area contributed by atoms with Gasteiger partial charge in [-0.1, -0.05) is 0 Å². The maximum absolute atomic E-state index is 13.0. The number of nitrogens with zero attached hydrogens (tertiary/aromatic N) is 1. The normalized spacial score (nSPS) is 13.6. The molecule has 0 heterocycles. The summed E-state index contributed by atoms with van der Waals surface area (Å²) in [7, 11) is -9.38. The second-order valence-electron chi connectivity index (χ2n) is 6.72. The molecule has 0 bridgehead atoms. The van der Waals surface area contributed by atoms with Gasteiger partial charge < -0.3 is 19.5 Å². The zero-order chi connectivity index (χ0) is 26.5. The van der Waals surface area contributed by atoms with Gasteiger partial charge in [0.2, 0.25) is 0 Å². The molecule has 2 rings (SSSR count). The molecular weight excluding hydrogens is 512 g/mol. The van der Waals surface area contributed by atoms with Crippen molar-refractivity contribution in [2.45, 2.75) is 23.6 Å². The number of alkyl halides is 3. The maximum Gasteiger partial charge on any atom is 0.417 e. The summed E-state index contributed by atoms with van der Waals surface area (Å²) >= 11 is 0. The number of hydrogen-bond donors (Lipinski definition) is 2. The largest absolute Gasteiger partial charge is 0.759 e. The molecule has 1 amide bonds. The van der Waals surface area contributed by atoms with E-state index in [1.807, 2.05) is 5.32 Å². The number of amides is 1. The van der Waals surface area contributed by atoms with Crippen molar-refractivity contribution in [1.29, 1.82) is 5.26 Å². The SMILES string of the molecule is CC(O)(CS(=O)(=O)c1ccc(F)cc1)C(=O)Nc1ccc(C#N)c(C(F)(F)F)c1.O=S(=O)([O-])[O-]. The summed E-state index contributed by atoms with van der Waals surface area (Å²) in [6.07, 6.45) is -4.86. The van der Waals surface area contributed by atoms with Crippen molar-refractivity contribution < 1.29 is 53.4 Å². The molecule has 2 aromatic carbocycles. The fourth-order valence-corrected chi connectivity index (χ4v) is 3.97. The first-order chi connectivity index (χ1) is 15.3. The molecule has 0 fully saturated rings. The molecule has 0 aliphatic carbocycles. The molecule has 0 aromatic heterocycles. The number of carbonyl (C=O) groups is 1. The van der Waals surface area contributed by atoms with Crippen LogP contribution < -0.4 is 5.32 Å². The van der Waals surface area contributed by atoms with Gasteiger partial charge in [-0.05, 0) is 49.4 Å². The molecule has 1 unspecified atom stereocenters. The lowest BCUT2D eigenvalue weighted by molar-refractivity contribution is -0.137. The maximum atomic E-state index is 13.0. The molecule has 1 atom stereocenters. The van der Waals surface area contributed by atoms with Crippen LogP contribution in [-0.2, 0) is 31.2 Å². The first-order valence-corrected chi connectivity index (χ1v) is 11.5. The van der Waals surface area contributed by atoms with Crippen LogP contribution in [0.25, 0.3) is 0 Å². The van der Waals surface area contributed by atoms with Crippen LogP contribution in [0, 0.1) is 17.1 Å². The quantitative estimate of drug-likeness (QED) is 0.252. The van der Waals surface area contributed by atoms with Crippen LogP contribution in [0.1, 0.15) is 18.1 Å². The fourth-order valence-electron chi connectivity index (χ4n) is 2.38. The Morgan fingerprint density at radius 3 is 2.03 bits per heavy atom.